The Morgan fingerprint density at radius 1 is 1.47 bits per heavy atom. The van der Waals surface area contributed by atoms with Crippen molar-refractivity contribution in [1.82, 2.24) is 4.72 Å². The number of hydrogen-bond donors (Lipinski definition) is 2. The zero-order valence-electron chi connectivity index (χ0n) is 9.42. The number of nitrogens with two attached hydrogens (primary N) is 1. The fraction of sp³-hybridized carbons (Fsp3) is 0.556. The van der Waals surface area contributed by atoms with Gasteiger partial charge in [-0.25, -0.2) is 8.42 Å². The molecule has 0 unspecified atom stereocenters. The Labute approximate surface area is 120 Å². The maximum absolute atomic E-state index is 12.8. The third kappa shape index (κ3) is 2.82. The molecule has 0 spiro atoms. The second-order valence-corrected chi connectivity index (χ2v) is 8.35. The van der Waals surface area contributed by atoms with Gasteiger partial charge >= 0.3 is 6.18 Å². The molecule has 2 rings (SSSR count). The first-order valence-electron chi connectivity index (χ1n) is 5.20. The van der Waals surface area contributed by atoms with Gasteiger partial charge in [0, 0.05) is 11.4 Å². The summed E-state index contributed by atoms with van der Waals surface area (Å²) in [5.74, 6) is 0. The average molecular weight is 379 g/mol. The van der Waals surface area contributed by atoms with E-state index in [1.165, 1.54) is 6.07 Å². The molecule has 1 aromatic heterocycles. The first-order chi connectivity index (χ1) is 8.61. The molecule has 19 heavy (non-hydrogen) atoms. The quantitative estimate of drug-likeness (QED) is 0.844. The number of alkyl halides is 3. The molecule has 1 heterocycles. The molecule has 108 valence electrons. The second-order valence-electron chi connectivity index (χ2n) is 4.24. The summed E-state index contributed by atoms with van der Waals surface area (Å²) in [4.78, 5) is 0.373. The van der Waals surface area contributed by atoms with Crippen LogP contribution in [0.3, 0.4) is 0 Å². The van der Waals surface area contributed by atoms with E-state index in [-0.39, 0.29) is 28.1 Å². The molecular formula is C9H10BrF3N2O2S2. The minimum atomic E-state index is -4.58. The van der Waals surface area contributed by atoms with Crippen LogP contribution in [0.5, 0.6) is 0 Å². The van der Waals surface area contributed by atoms with Gasteiger partial charge in [-0.05, 0) is 34.8 Å². The highest BCUT2D eigenvalue weighted by Crippen LogP contribution is 2.50. The summed E-state index contributed by atoms with van der Waals surface area (Å²) in [5.41, 5.74) is 3.07. The van der Waals surface area contributed by atoms with E-state index in [0.29, 0.717) is 4.88 Å². The fourth-order valence-corrected chi connectivity index (χ4v) is 5.57. The Hall–Kier alpha value is -0.160. The highest BCUT2D eigenvalue weighted by molar-refractivity contribution is 9.11. The lowest BCUT2D eigenvalue weighted by molar-refractivity contribution is -0.160. The van der Waals surface area contributed by atoms with Gasteiger partial charge in [0.25, 0.3) is 0 Å². The van der Waals surface area contributed by atoms with Gasteiger partial charge < -0.3 is 5.73 Å². The van der Waals surface area contributed by atoms with E-state index in [2.05, 4.69) is 15.9 Å². The van der Waals surface area contributed by atoms with Crippen LogP contribution < -0.4 is 10.5 Å². The van der Waals surface area contributed by atoms with E-state index in [1.807, 2.05) is 0 Å². The molecule has 0 saturated heterocycles. The molecule has 4 nitrogen and oxygen atoms in total. The summed E-state index contributed by atoms with van der Waals surface area (Å²) in [6.45, 7) is 0.128. The van der Waals surface area contributed by atoms with Gasteiger partial charge in [0.05, 0.1) is 3.79 Å². The molecule has 1 aliphatic rings. The third-order valence-corrected chi connectivity index (χ3v) is 6.63. The van der Waals surface area contributed by atoms with E-state index < -0.39 is 21.7 Å². The summed E-state index contributed by atoms with van der Waals surface area (Å²) in [7, 11) is -4.22. The monoisotopic (exact) mass is 378 g/mol. The molecule has 0 aromatic carbocycles. The summed E-state index contributed by atoms with van der Waals surface area (Å²) < 4.78 is 64.3. The minimum absolute atomic E-state index is 0.128. The third-order valence-electron chi connectivity index (χ3n) is 2.82. The van der Waals surface area contributed by atoms with Gasteiger partial charge in [0.15, 0.2) is 0 Å². The Bertz CT molecular complexity index is 593. The first kappa shape index (κ1) is 15.2. The zero-order valence-corrected chi connectivity index (χ0v) is 12.6. The molecular weight excluding hydrogens is 369 g/mol. The maximum Gasteiger partial charge on any atom is 0.407 e. The van der Waals surface area contributed by atoms with E-state index in [9.17, 15) is 21.6 Å². The number of hydrogen-bond acceptors (Lipinski definition) is 4. The van der Waals surface area contributed by atoms with Crippen molar-refractivity contribution in [2.24, 2.45) is 5.73 Å². The highest BCUT2D eigenvalue weighted by atomic mass is 79.9. The highest BCUT2D eigenvalue weighted by Gasteiger charge is 2.65. The molecule has 1 fully saturated rings. The summed E-state index contributed by atoms with van der Waals surface area (Å²) >= 11 is 4.12. The van der Waals surface area contributed by atoms with Crippen molar-refractivity contribution in [2.45, 2.75) is 36.0 Å². The Balaban J connectivity index is 2.31. The molecule has 0 radical (unpaired) electrons. The molecule has 0 aliphatic heterocycles. The standard InChI is InChI=1S/C9H10BrF3N2O2S2/c10-7-6(3-5(4-14)18-7)19(16,17)15-8(1-2-8)9(11,12)13/h3,15H,1-2,4,14H2. The molecule has 1 aliphatic carbocycles. The van der Waals surface area contributed by atoms with Crippen LogP contribution in [-0.2, 0) is 16.6 Å². The molecule has 1 aromatic rings. The number of thiophene rings is 1. The van der Waals surface area contributed by atoms with Gasteiger partial charge in [0.2, 0.25) is 10.0 Å². The Morgan fingerprint density at radius 2 is 2.05 bits per heavy atom. The average Bonchev–Trinajstić information content (AvgIpc) is 2.92. The van der Waals surface area contributed by atoms with Crippen LogP contribution in [0.4, 0.5) is 13.2 Å². The number of rotatable bonds is 4. The first-order valence-corrected chi connectivity index (χ1v) is 8.29. The lowest BCUT2D eigenvalue weighted by atomic mass is 10.3. The van der Waals surface area contributed by atoms with Crippen LogP contribution in [-0.4, -0.2) is 20.1 Å². The van der Waals surface area contributed by atoms with Gasteiger partial charge in [-0.1, -0.05) is 0 Å². The van der Waals surface area contributed by atoms with Crippen molar-refractivity contribution in [3.05, 3.63) is 14.7 Å². The van der Waals surface area contributed by atoms with Gasteiger partial charge in [-0.3, -0.25) is 0 Å². The fourth-order valence-electron chi connectivity index (χ4n) is 1.56. The predicted molar refractivity (Wildman–Crippen MR) is 68.3 cm³/mol. The number of halogens is 4. The summed E-state index contributed by atoms with van der Waals surface area (Å²) in [5, 5.41) is 0. The topological polar surface area (TPSA) is 72.2 Å². The van der Waals surface area contributed by atoms with E-state index in [0.717, 1.165) is 11.3 Å². The van der Waals surface area contributed by atoms with E-state index >= 15 is 0 Å². The molecule has 0 atom stereocenters. The van der Waals surface area contributed by atoms with Crippen LogP contribution in [0.25, 0.3) is 0 Å². The van der Waals surface area contributed by atoms with Crippen molar-refractivity contribution in [1.29, 1.82) is 0 Å². The number of nitrogens with one attached hydrogen (secondary N) is 1. The van der Waals surface area contributed by atoms with Crippen LogP contribution in [0.15, 0.2) is 14.7 Å². The van der Waals surface area contributed by atoms with Crippen molar-refractivity contribution in [3.63, 3.8) is 0 Å². The lowest BCUT2D eigenvalue weighted by Gasteiger charge is -2.20. The molecule has 3 N–H and O–H groups in total. The van der Waals surface area contributed by atoms with Gasteiger partial charge in [0.1, 0.15) is 10.4 Å². The second kappa shape index (κ2) is 4.69. The van der Waals surface area contributed by atoms with Crippen LogP contribution >= 0.6 is 27.3 Å². The summed E-state index contributed by atoms with van der Waals surface area (Å²) in [6.07, 6.45) is -5.05. The number of sulfonamides is 1. The van der Waals surface area contributed by atoms with E-state index in [1.54, 1.807) is 4.72 Å². The van der Waals surface area contributed by atoms with Crippen molar-refractivity contribution in [2.75, 3.05) is 0 Å². The smallest absolute Gasteiger partial charge is 0.326 e. The van der Waals surface area contributed by atoms with Gasteiger partial charge in [-0.15, -0.1) is 11.3 Å². The van der Waals surface area contributed by atoms with Crippen molar-refractivity contribution < 1.29 is 21.6 Å². The molecule has 10 heteroatoms. The Morgan fingerprint density at radius 3 is 2.42 bits per heavy atom. The predicted octanol–water partition coefficient (Wildman–Crippen LogP) is 2.34. The molecule has 0 bridgehead atoms. The normalized spacial score (nSPS) is 18.6. The van der Waals surface area contributed by atoms with Crippen molar-refractivity contribution in [3.8, 4) is 0 Å². The minimum Gasteiger partial charge on any atom is -0.326 e. The van der Waals surface area contributed by atoms with Crippen molar-refractivity contribution >= 4 is 37.3 Å². The lowest BCUT2D eigenvalue weighted by Crippen LogP contribution is -2.47. The van der Waals surface area contributed by atoms with Crippen LogP contribution in [0, 0.1) is 0 Å². The maximum atomic E-state index is 12.8. The molecule has 0 amide bonds. The molecule has 1 saturated carbocycles. The van der Waals surface area contributed by atoms with Crippen LogP contribution in [0.2, 0.25) is 0 Å². The van der Waals surface area contributed by atoms with E-state index in [4.69, 9.17) is 5.73 Å². The zero-order chi connectivity index (χ0) is 14.5. The largest absolute Gasteiger partial charge is 0.407 e. The van der Waals surface area contributed by atoms with Crippen LogP contribution in [0.1, 0.15) is 17.7 Å². The SMILES string of the molecule is NCc1cc(S(=O)(=O)NC2(C(F)(F)F)CC2)c(Br)s1. The Kier molecular flexibility index (Phi) is 3.76. The van der Waals surface area contributed by atoms with Gasteiger partial charge in [-0.2, -0.15) is 17.9 Å². The summed E-state index contributed by atoms with van der Waals surface area (Å²) in [6, 6.07) is 1.28.